The average Bonchev–Trinajstić information content (AvgIpc) is 2.80. The van der Waals surface area contributed by atoms with Gasteiger partial charge in [0, 0.05) is 5.69 Å². The number of fused-ring (bicyclic) bond motifs is 1. The minimum absolute atomic E-state index is 0.000342. The summed E-state index contributed by atoms with van der Waals surface area (Å²) in [5.41, 5.74) is 3.38. The summed E-state index contributed by atoms with van der Waals surface area (Å²) < 4.78 is 10.9. The molecule has 0 saturated heterocycles. The van der Waals surface area contributed by atoms with Crippen molar-refractivity contribution in [2.24, 2.45) is 4.99 Å². The first kappa shape index (κ1) is 21.2. The van der Waals surface area contributed by atoms with Gasteiger partial charge in [-0.15, -0.1) is 0 Å². The van der Waals surface area contributed by atoms with E-state index in [1.54, 1.807) is 18.2 Å². The maximum atomic E-state index is 12.8. The van der Waals surface area contributed by atoms with Crippen LogP contribution in [0.2, 0.25) is 0 Å². The van der Waals surface area contributed by atoms with Crippen molar-refractivity contribution in [2.75, 3.05) is 18.5 Å². The smallest absolute Gasteiger partial charge is 0.188 e. The normalized spacial score (nSPS) is 13.7. The molecule has 6 nitrogen and oxygen atoms in total. The number of nitrogens with zero attached hydrogens (tertiary/aromatic N) is 1. The van der Waals surface area contributed by atoms with Crippen LogP contribution in [-0.4, -0.2) is 29.8 Å². The first-order valence-electron chi connectivity index (χ1n) is 10.5. The van der Waals surface area contributed by atoms with Gasteiger partial charge >= 0.3 is 0 Å². The van der Waals surface area contributed by atoms with Gasteiger partial charge in [-0.25, -0.2) is 4.99 Å². The Balaban J connectivity index is 1.69. The predicted molar refractivity (Wildman–Crippen MR) is 126 cm³/mol. The number of benzene rings is 3. The number of carbonyl (C=O) groups is 1. The molecule has 1 aliphatic carbocycles. The highest BCUT2D eigenvalue weighted by Crippen LogP contribution is 2.35. The van der Waals surface area contributed by atoms with Crippen LogP contribution in [0.5, 0.6) is 17.2 Å². The van der Waals surface area contributed by atoms with Crippen molar-refractivity contribution in [1.82, 2.24) is 0 Å². The number of hydrogen-bond donors (Lipinski definition) is 2. The summed E-state index contributed by atoms with van der Waals surface area (Å²) in [6.07, 6.45) is 3.10. The second-order valence-electron chi connectivity index (χ2n) is 7.09. The van der Waals surface area contributed by atoms with E-state index in [0.29, 0.717) is 41.4 Å². The van der Waals surface area contributed by atoms with Crippen molar-refractivity contribution in [3.63, 3.8) is 0 Å². The van der Waals surface area contributed by atoms with Crippen LogP contribution in [-0.2, 0) is 0 Å². The fourth-order valence-electron chi connectivity index (χ4n) is 3.50. The predicted octanol–water partition coefficient (Wildman–Crippen LogP) is 5.81. The van der Waals surface area contributed by atoms with E-state index in [1.807, 2.05) is 62.4 Å². The molecular weight excluding hydrogens is 404 g/mol. The number of carbonyl (C=O) groups excluding carboxylic acids is 1. The second kappa shape index (κ2) is 9.39. The van der Waals surface area contributed by atoms with Crippen molar-refractivity contribution in [3.05, 3.63) is 83.9 Å². The number of rotatable bonds is 7. The van der Waals surface area contributed by atoms with Crippen molar-refractivity contribution < 1.29 is 19.4 Å². The van der Waals surface area contributed by atoms with E-state index in [1.165, 1.54) is 6.08 Å². The lowest BCUT2D eigenvalue weighted by Gasteiger charge is -2.19. The number of phenols is 1. The van der Waals surface area contributed by atoms with Crippen LogP contribution in [0.3, 0.4) is 0 Å². The van der Waals surface area contributed by atoms with Gasteiger partial charge in [-0.05, 0) is 86.7 Å². The zero-order valence-electron chi connectivity index (χ0n) is 18.0. The third-order valence-corrected chi connectivity index (χ3v) is 4.92. The molecule has 0 atom stereocenters. The molecule has 4 rings (SSSR count). The maximum Gasteiger partial charge on any atom is 0.188 e. The molecule has 0 fully saturated rings. The molecule has 0 unspecified atom stereocenters. The summed E-state index contributed by atoms with van der Waals surface area (Å²) >= 11 is 0. The third kappa shape index (κ3) is 4.49. The fraction of sp³-hybridized carbons (Fsp3) is 0.154. The number of aliphatic imine (C=N–C) groups is 1. The largest absolute Gasteiger partial charge is 0.507 e. The Hall–Kier alpha value is -4.06. The summed E-state index contributed by atoms with van der Waals surface area (Å²) in [7, 11) is 0. The van der Waals surface area contributed by atoms with Gasteiger partial charge in [-0.2, -0.15) is 0 Å². The fourth-order valence-corrected chi connectivity index (χ4v) is 3.50. The van der Waals surface area contributed by atoms with Gasteiger partial charge in [0.1, 0.15) is 17.2 Å². The van der Waals surface area contributed by atoms with E-state index >= 15 is 0 Å². The van der Waals surface area contributed by atoms with Crippen molar-refractivity contribution in [3.8, 4) is 17.2 Å². The lowest BCUT2D eigenvalue weighted by molar-refractivity contribution is 0.104. The van der Waals surface area contributed by atoms with Crippen molar-refractivity contribution in [2.45, 2.75) is 13.8 Å². The Morgan fingerprint density at radius 1 is 0.812 bits per heavy atom. The standard InChI is InChI=1S/C26H24N2O4/c1-3-31-19-9-5-17(6-10-19)27-21-13-15-24(30)26-22(14-16-23(29)25(21)26)28-18-7-11-20(12-8-18)32-4-2/h5-16,27,30H,3-4H2,1-2H3. The molecule has 0 bridgehead atoms. The zero-order chi connectivity index (χ0) is 22.5. The Morgan fingerprint density at radius 3 is 2.06 bits per heavy atom. The molecule has 0 heterocycles. The molecule has 0 aliphatic heterocycles. The monoisotopic (exact) mass is 428 g/mol. The van der Waals surface area contributed by atoms with E-state index < -0.39 is 0 Å². The first-order valence-corrected chi connectivity index (χ1v) is 10.5. The number of hydrogen-bond acceptors (Lipinski definition) is 6. The third-order valence-electron chi connectivity index (χ3n) is 4.92. The molecule has 3 aromatic rings. The number of phenolic OH excluding ortho intramolecular Hbond substituents is 1. The summed E-state index contributed by atoms with van der Waals surface area (Å²) in [4.78, 5) is 17.4. The van der Waals surface area contributed by atoms with Crippen LogP contribution < -0.4 is 14.8 Å². The number of allylic oxidation sites excluding steroid dienone is 2. The van der Waals surface area contributed by atoms with Gasteiger partial charge in [0.2, 0.25) is 0 Å². The van der Waals surface area contributed by atoms with Gasteiger partial charge in [0.15, 0.2) is 5.78 Å². The number of ketones is 1. The quantitative estimate of drug-likeness (QED) is 0.465. The van der Waals surface area contributed by atoms with E-state index in [2.05, 4.69) is 10.3 Å². The molecule has 0 radical (unpaired) electrons. The molecule has 3 aromatic carbocycles. The molecule has 0 amide bonds. The summed E-state index contributed by atoms with van der Waals surface area (Å²) in [6.45, 7) is 5.04. The average molecular weight is 428 g/mol. The first-order chi connectivity index (χ1) is 15.6. The van der Waals surface area contributed by atoms with Gasteiger partial charge in [0.25, 0.3) is 0 Å². The SMILES string of the molecule is CCOc1ccc(N=C2C=CC(=O)c3c(Nc4ccc(OCC)cc4)ccc(O)c32)cc1. The van der Waals surface area contributed by atoms with Gasteiger partial charge in [-0.1, -0.05) is 0 Å². The summed E-state index contributed by atoms with van der Waals surface area (Å²) in [5.74, 6) is 1.33. The van der Waals surface area contributed by atoms with Crippen LogP contribution in [0, 0.1) is 0 Å². The molecule has 0 spiro atoms. The number of anilines is 2. The Morgan fingerprint density at radius 2 is 1.44 bits per heavy atom. The van der Waals surface area contributed by atoms with Gasteiger partial charge in [-0.3, -0.25) is 4.79 Å². The van der Waals surface area contributed by atoms with Crippen molar-refractivity contribution >= 4 is 28.6 Å². The molecule has 2 N–H and O–H groups in total. The Kier molecular flexibility index (Phi) is 6.22. The lowest BCUT2D eigenvalue weighted by Crippen LogP contribution is -2.15. The highest BCUT2D eigenvalue weighted by molar-refractivity contribution is 6.27. The topological polar surface area (TPSA) is 80.2 Å². The lowest BCUT2D eigenvalue weighted by atomic mass is 9.91. The molecule has 6 heteroatoms. The van der Waals surface area contributed by atoms with Crippen LogP contribution >= 0.6 is 0 Å². The summed E-state index contributed by atoms with van der Waals surface area (Å²) in [5, 5.41) is 13.9. The van der Waals surface area contributed by atoms with Gasteiger partial charge in [0.05, 0.1) is 41.4 Å². The molecule has 162 valence electrons. The highest BCUT2D eigenvalue weighted by Gasteiger charge is 2.25. The number of ether oxygens (including phenoxy) is 2. The Labute approximate surface area is 186 Å². The van der Waals surface area contributed by atoms with Crippen molar-refractivity contribution in [1.29, 1.82) is 0 Å². The Bertz CT molecular complexity index is 1180. The van der Waals surface area contributed by atoms with Gasteiger partial charge < -0.3 is 19.9 Å². The highest BCUT2D eigenvalue weighted by atomic mass is 16.5. The number of aromatic hydroxyl groups is 1. The van der Waals surface area contributed by atoms with Crippen LogP contribution in [0.15, 0.2) is 77.8 Å². The van der Waals surface area contributed by atoms with E-state index in [4.69, 9.17) is 9.47 Å². The second-order valence-corrected chi connectivity index (χ2v) is 7.09. The molecule has 32 heavy (non-hydrogen) atoms. The van der Waals surface area contributed by atoms with Crippen LogP contribution in [0.1, 0.15) is 29.8 Å². The minimum atomic E-state index is -0.199. The van der Waals surface area contributed by atoms with E-state index in [0.717, 1.165) is 17.2 Å². The minimum Gasteiger partial charge on any atom is -0.507 e. The van der Waals surface area contributed by atoms with Crippen LogP contribution in [0.25, 0.3) is 0 Å². The van der Waals surface area contributed by atoms with E-state index in [-0.39, 0.29) is 11.5 Å². The molecule has 0 aromatic heterocycles. The van der Waals surface area contributed by atoms with Crippen LogP contribution in [0.4, 0.5) is 17.1 Å². The summed E-state index contributed by atoms with van der Waals surface area (Å²) in [6, 6.07) is 18.1. The zero-order valence-corrected chi connectivity index (χ0v) is 18.0. The molecular formula is C26H24N2O4. The molecule has 1 aliphatic rings. The number of nitrogens with one attached hydrogen (secondary N) is 1. The maximum absolute atomic E-state index is 12.8. The van der Waals surface area contributed by atoms with E-state index in [9.17, 15) is 9.90 Å². The molecule has 0 saturated carbocycles.